The summed E-state index contributed by atoms with van der Waals surface area (Å²) in [5.41, 5.74) is 2.90. The first-order valence-electron chi connectivity index (χ1n) is 9.86. The second kappa shape index (κ2) is 8.97. The Morgan fingerprint density at radius 3 is 1.84 bits per heavy atom. The molecule has 0 unspecified atom stereocenters. The Kier molecular flexibility index (Phi) is 5.75. The fraction of sp³-hybridized carbons (Fsp3) is 0.130. The summed E-state index contributed by atoms with van der Waals surface area (Å²) >= 11 is 3.19. The normalized spacial score (nSPS) is 11.4. The number of halogens is 1. The molecule has 0 aliphatic rings. The average molecular weight is 450 g/mol. The van der Waals surface area contributed by atoms with Crippen LogP contribution in [0.3, 0.4) is 0 Å². The van der Waals surface area contributed by atoms with Gasteiger partial charge in [-0.15, -0.1) is 22.7 Å². The highest BCUT2D eigenvalue weighted by molar-refractivity contribution is 7.12. The van der Waals surface area contributed by atoms with Crippen molar-refractivity contribution in [3.8, 4) is 10.3 Å². The largest absolute Gasteiger partial charge is 0.296 e. The van der Waals surface area contributed by atoms with Crippen molar-refractivity contribution >= 4 is 22.7 Å². The van der Waals surface area contributed by atoms with Crippen molar-refractivity contribution in [3.63, 3.8) is 0 Å². The molecule has 8 heteroatoms. The Hall–Kier alpha value is -3.07. The zero-order valence-electron chi connectivity index (χ0n) is 16.6. The molecule has 5 aromatic rings. The van der Waals surface area contributed by atoms with Crippen LogP contribution in [0.2, 0.25) is 0 Å². The van der Waals surface area contributed by atoms with Gasteiger partial charge in [-0.2, -0.15) is 0 Å². The van der Waals surface area contributed by atoms with Crippen molar-refractivity contribution in [2.45, 2.75) is 19.6 Å². The van der Waals surface area contributed by atoms with Crippen molar-refractivity contribution in [1.29, 1.82) is 0 Å². The summed E-state index contributed by atoms with van der Waals surface area (Å²) < 4.78 is 18.7. The standard InChI is InChI=1S/C23H20FN5S2/c24-21-8-2-1-5-18(21)15-27(16-19-6-3-11-28(19)22-25-9-13-30-22)17-20-7-4-12-29(20)23-26-10-14-31-23/h1-14H,15-17H2. The van der Waals surface area contributed by atoms with Crippen LogP contribution in [0, 0.1) is 5.82 Å². The molecule has 0 radical (unpaired) electrons. The first-order chi connectivity index (χ1) is 15.3. The topological polar surface area (TPSA) is 38.9 Å². The van der Waals surface area contributed by atoms with Crippen LogP contribution in [-0.4, -0.2) is 24.0 Å². The van der Waals surface area contributed by atoms with Crippen molar-refractivity contribution < 1.29 is 4.39 Å². The number of nitrogens with zero attached hydrogens (tertiary/aromatic N) is 5. The third-order valence-electron chi connectivity index (χ3n) is 5.04. The minimum absolute atomic E-state index is 0.182. The van der Waals surface area contributed by atoms with Crippen LogP contribution in [0.5, 0.6) is 0 Å². The van der Waals surface area contributed by atoms with Crippen molar-refractivity contribution in [2.75, 3.05) is 0 Å². The fourth-order valence-electron chi connectivity index (χ4n) is 3.63. The molecule has 0 saturated heterocycles. The third-order valence-corrected chi connectivity index (χ3v) is 6.58. The number of rotatable bonds is 8. The molecule has 0 N–H and O–H groups in total. The second-order valence-electron chi connectivity index (χ2n) is 7.10. The molecule has 5 rings (SSSR count). The minimum atomic E-state index is -0.182. The van der Waals surface area contributed by atoms with E-state index in [9.17, 15) is 4.39 Å². The van der Waals surface area contributed by atoms with Crippen molar-refractivity contribution in [3.05, 3.63) is 107 Å². The second-order valence-corrected chi connectivity index (χ2v) is 8.85. The molecule has 4 heterocycles. The average Bonchev–Trinajstić information content (AvgIpc) is 3.56. The van der Waals surface area contributed by atoms with Crippen LogP contribution in [0.1, 0.15) is 17.0 Å². The van der Waals surface area contributed by atoms with E-state index in [2.05, 4.69) is 36.1 Å². The molecule has 0 aliphatic heterocycles. The van der Waals surface area contributed by atoms with E-state index in [0.29, 0.717) is 25.2 Å². The molecule has 0 aliphatic carbocycles. The van der Waals surface area contributed by atoms with Crippen LogP contribution >= 0.6 is 22.7 Å². The first kappa shape index (κ1) is 19.9. The molecular weight excluding hydrogens is 429 g/mol. The lowest BCUT2D eigenvalue weighted by atomic mass is 10.2. The quantitative estimate of drug-likeness (QED) is 0.313. The van der Waals surface area contributed by atoms with Gasteiger partial charge in [0, 0.05) is 72.1 Å². The Bertz CT molecular complexity index is 1170. The van der Waals surface area contributed by atoms with E-state index in [1.807, 2.05) is 59.8 Å². The Labute approximate surface area is 187 Å². The van der Waals surface area contributed by atoms with E-state index in [-0.39, 0.29) is 5.82 Å². The predicted octanol–water partition coefficient (Wildman–Crippen LogP) is 5.52. The van der Waals surface area contributed by atoms with E-state index in [1.165, 1.54) is 6.07 Å². The molecule has 0 fully saturated rings. The van der Waals surface area contributed by atoms with Crippen molar-refractivity contribution in [2.24, 2.45) is 0 Å². The molecule has 0 atom stereocenters. The summed E-state index contributed by atoms with van der Waals surface area (Å²) in [6, 6.07) is 15.2. The molecule has 0 amide bonds. The van der Waals surface area contributed by atoms with Gasteiger partial charge in [-0.1, -0.05) is 18.2 Å². The maximum atomic E-state index is 14.5. The highest BCUT2D eigenvalue weighted by Crippen LogP contribution is 2.22. The van der Waals surface area contributed by atoms with Crippen LogP contribution in [-0.2, 0) is 19.6 Å². The number of thiazole rings is 2. The molecule has 0 bridgehead atoms. The summed E-state index contributed by atoms with van der Waals surface area (Å²) in [6.07, 6.45) is 7.66. The SMILES string of the molecule is Fc1ccccc1CN(Cc1cccn1-c1nccs1)Cc1cccn1-c1nccs1. The van der Waals surface area contributed by atoms with E-state index in [1.54, 1.807) is 28.7 Å². The molecule has 156 valence electrons. The molecule has 4 aromatic heterocycles. The lowest BCUT2D eigenvalue weighted by molar-refractivity contribution is 0.236. The van der Waals surface area contributed by atoms with Crippen LogP contribution in [0.15, 0.2) is 84.1 Å². The molecular formula is C23H20FN5S2. The lowest BCUT2D eigenvalue weighted by Crippen LogP contribution is -2.25. The first-order valence-corrected chi connectivity index (χ1v) is 11.6. The maximum absolute atomic E-state index is 14.5. The number of aromatic nitrogens is 4. The van der Waals surface area contributed by atoms with Gasteiger partial charge in [0.05, 0.1) is 0 Å². The number of benzene rings is 1. The van der Waals surface area contributed by atoms with Gasteiger partial charge in [0.2, 0.25) is 0 Å². The third kappa shape index (κ3) is 4.36. The summed E-state index contributed by atoms with van der Waals surface area (Å²) in [5, 5.41) is 5.79. The Morgan fingerprint density at radius 1 is 0.742 bits per heavy atom. The molecule has 5 nitrogen and oxygen atoms in total. The number of hydrogen-bond donors (Lipinski definition) is 0. The highest BCUT2D eigenvalue weighted by Gasteiger charge is 2.16. The summed E-state index contributed by atoms with van der Waals surface area (Å²) in [5.74, 6) is -0.182. The Balaban J connectivity index is 1.46. The summed E-state index contributed by atoms with van der Waals surface area (Å²) in [6.45, 7) is 1.81. The maximum Gasteiger partial charge on any atom is 0.193 e. The zero-order valence-corrected chi connectivity index (χ0v) is 18.3. The lowest BCUT2D eigenvalue weighted by Gasteiger charge is -2.24. The van der Waals surface area contributed by atoms with E-state index in [4.69, 9.17) is 0 Å². The van der Waals surface area contributed by atoms with E-state index >= 15 is 0 Å². The summed E-state index contributed by atoms with van der Waals surface area (Å²) in [4.78, 5) is 11.1. The molecule has 1 aromatic carbocycles. The van der Waals surface area contributed by atoms with Gasteiger partial charge in [-0.3, -0.25) is 14.0 Å². The molecule has 31 heavy (non-hydrogen) atoms. The smallest absolute Gasteiger partial charge is 0.193 e. The zero-order chi connectivity index (χ0) is 21.0. The monoisotopic (exact) mass is 449 g/mol. The molecule has 0 spiro atoms. The van der Waals surface area contributed by atoms with Crippen LogP contribution in [0.4, 0.5) is 4.39 Å². The highest BCUT2D eigenvalue weighted by atomic mass is 32.1. The van der Waals surface area contributed by atoms with Gasteiger partial charge in [0.15, 0.2) is 10.3 Å². The van der Waals surface area contributed by atoms with Gasteiger partial charge >= 0.3 is 0 Å². The molecule has 0 saturated carbocycles. The fourth-order valence-corrected chi connectivity index (χ4v) is 4.94. The van der Waals surface area contributed by atoms with Gasteiger partial charge in [-0.05, 0) is 30.3 Å². The van der Waals surface area contributed by atoms with Gasteiger partial charge in [0.1, 0.15) is 5.82 Å². The van der Waals surface area contributed by atoms with E-state index in [0.717, 1.165) is 21.7 Å². The van der Waals surface area contributed by atoms with E-state index < -0.39 is 0 Å². The van der Waals surface area contributed by atoms with Gasteiger partial charge in [-0.25, -0.2) is 14.4 Å². The number of hydrogen-bond acceptors (Lipinski definition) is 5. The van der Waals surface area contributed by atoms with Crippen LogP contribution < -0.4 is 0 Å². The van der Waals surface area contributed by atoms with Gasteiger partial charge in [0.25, 0.3) is 0 Å². The Morgan fingerprint density at radius 2 is 1.32 bits per heavy atom. The van der Waals surface area contributed by atoms with Gasteiger partial charge < -0.3 is 0 Å². The minimum Gasteiger partial charge on any atom is -0.296 e. The van der Waals surface area contributed by atoms with Crippen molar-refractivity contribution in [1.82, 2.24) is 24.0 Å². The van der Waals surface area contributed by atoms with Crippen LogP contribution in [0.25, 0.3) is 10.3 Å². The summed E-state index contributed by atoms with van der Waals surface area (Å²) in [7, 11) is 0. The predicted molar refractivity (Wildman–Crippen MR) is 122 cm³/mol.